The zero-order chi connectivity index (χ0) is 11.5. The van der Waals surface area contributed by atoms with Gasteiger partial charge in [-0.2, -0.15) is 0 Å². The van der Waals surface area contributed by atoms with Crippen molar-refractivity contribution < 1.29 is 4.79 Å². The average molecular weight is 220 g/mol. The van der Waals surface area contributed by atoms with Crippen molar-refractivity contribution in [2.24, 2.45) is 0 Å². The van der Waals surface area contributed by atoms with E-state index in [9.17, 15) is 4.79 Å². The fourth-order valence-corrected chi connectivity index (χ4v) is 1.33. The Labute approximate surface area is 95.7 Å². The van der Waals surface area contributed by atoms with Crippen molar-refractivity contribution >= 4 is 23.6 Å². The van der Waals surface area contributed by atoms with Crippen LogP contribution < -0.4 is 5.32 Å². The van der Waals surface area contributed by atoms with Crippen molar-refractivity contribution in [3.63, 3.8) is 0 Å². The standard InChI is InChI=1S/C12H14NOS/c1-12(2,3)10-6-4-9(5-7-10)11(14)13-8-15/h4-7H,1-3H3,(H,13,14,15). The number of rotatable bonds is 2. The molecule has 0 aliphatic rings. The summed E-state index contributed by atoms with van der Waals surface area (Å²) in [5.41, 5.74) is 4.09. The van der Waals surface area contributed by atoms with Crippen LogP contribution in [0.2, 0.25) is 0 Å². The van der Waals surface area contributed by atoms with Crippen LogP contribution in [0.25, 0.3) is 0 Å². The number of thiocarbonyl (C=S) groups is 1. The first kappa shape index (κ1) is 11.9. The first-order valence-corrected chi connectivity index (χ1v) is 5.14. The fraction of sp³-hybridized carbons (Fsp3) is 0.333. The van der Waals surface area contributed by atoms with E-state index in [1.54, 1.807) is 12.1 Å². The third-order valence-electron chi connectivity index (χ3n) is 2.18. The molecule has 0 spiro atoms. The molecule has 0 saturated heterocycles. The minimum atomic E-state index is -0.217. The molecule has 79 valence electrons. The molecule has 0 aliphatic carbocycles. The summed E-state index contributed by atoms with van der Waals surface area (Å²) < 4.78 is 0. The molecular weight excluding hydrogens is 206 g/mol. The molecule has 0 aromatic heterocycles. The van der Waals surface area contributed by atoms with Gasteiger partial charge in [0.25, 0.3) is 5.91 Å². The van der Waals surface area contributed by atoms with E-state index in [-0.39, 0.29) is 11.3 Å². The van der Waals surface area contributed by atoms with Gasteiger partial charge in [-0.3, -0.25) is 4.79 Å². The maximum Gasteiger partial charge on any atom is 0.256 e. The second kappa shape index (κ2) is 4.53. The molecule has 0 aliphatic heterocycles. The molecule has 0 atom stereocenters. The van der Waals surface area contributed by atoms with Gasteiger partial charge in [0.1, 0.15) is 5.49 Å². The van der Waals surface area contributed by atoms with E-state index in [0.717, 1.165) is 0 Å². The zero-order valence-corrected chi connectivity index (χ0v) is 9.94. The van der Waals surface area contributed by atoms with E-state index in [1.165, 1.54) is 5.56 Å². The van der Waals surface area contributed by atoms with Gasteiger partial charge in [-0.05, 0) is 23.1 Å². The maximum atomic E-state index is 11.4. The quantitative estimate of drug-likeness (QED) is 0.613. The Hall–Kier alpha value is -1.22. The molecule has 0 bridgehead atoms. The van der Waals surface area contributed by atoms with Gasteiger partial charge in [-0.15, -0.1) is 0 Å². The molecular formula is C12H14NOS. The average Bonchev–Trinajstić information content (AvgIpc) is 2.17. The first-order valence-electron chi connectivity index (χ1n) is 4.73. The fourth-order valence-electron chi connectivity index (χ4n) is 1.24. The van der Waals surface area contributed by atoms with Crippen LogP contribution in [0.1, 0.15) is 36.7 Å². The number of nitrogens with one attached hydrogen (secondary N) is 1. The molecule has 1 aromatic carbocycles. The van der Waals surface area contributed by atoms with Crippen LogP contribution >= 0.6 is 12.2 Å². The van der Waals surface area contributed by atoms with Crippen molar-refractivity contribution in [2.75, 3.05) is 0 Å². The number of carbonyl (C=O) groups excluding carboxylic acids is 1. The highest BCUT2D eigenvalue weighted by atomic mass is 32.1. The van der Waals surface area contributed by atoms with Gasteiger partial charge >= 0.3 is 0 Å². The molecule has 0 unspecified atom stereocenters. The third kappa shape index (κ3) is 3.13. The predicted octanol–water partition coefficient (Wildman–Crippen LogP) is 2.55. The monoisotopic (exact) mass is 220 g/mol. The molecule has 1 aromatic rings. The van der Waals surface area contributed by atoms with Gasteiger partial charge in [-0.25, -0.2) is 0 Å². The number of carbonyl (C=O) groups is 1. The lowest BCUT2D eigenvalue weighted by atomic mass is 9.87. The Balaban J connectivity index is 2.90. The number of hydrogen-bond acceptors (Lipinski definition) is 2. The van der Waals surface area contributed by atoms with Gasteiger partial charge in [0, 0.05) is 5.56 Å². The van der Waals surface area contributed by atoms with E-state index >= 15 is 0 Å². The Morgan fingerprint density at radius 3 is 2.20 bits per heavy atom. The van der Waals surface area contributed by atoms with E-state index < -0.39 is 0 Å². The lowest BCUT2D eigenvalue weighted by Gasteiger charge is -2.18. The number of hydrogen-bond donors (Lipinski definition) is 1. The molecule has 15 heavy (non-hydrogen) atoms. The Kier molecular flexibility index (Phi) is 3.58. The number of benzene rings is 1. The molecule has 1 rings (SSSR count). The van der Waals surface area contributed by atoms with Gasteiger partial charge in [0.05, 0.1) is 0 Å². The highest BCUT2D eigenvalue weighted by Gasteiger charge is 2.13. The van der Waals surface area contributed by atoms with Crippen LogP contribution in [-0.4, -0.2) is 11.4 Å². The summed E-state index contributed by atoms with van der Waals surface area (Å²) in [5, 5.41) is 2.35. The smallest absolute Gasteiger partial charge is 0.256 e. The Morgan fingerprint density at radius 2 is 1.80 bits per heavy atom. The summed E-state index contributed by atoms with van der Waals surface area (Å²) in [6.45, 7) is 6.40. The first-order chi connectivity index (χ1) is 6.95. The zero-order valence-electron chi connectivity index (χ0n) is 9.13. The summed E-state index contributed by atoms with van der Waals surface area (Å²) in [4.78, 5) is 11.4. The van der Waals surface area contributed by atoms with E-state index in [4.69, 9.17) is 0 Å². The Bertz CT molecular complexity index is 362. The van der Waals surface area contributed by atoms with Crippen LogP contribution in [0.5, 0.6) is 0 Å². The van der Waals surface area contributed by atoms with Crippen molar-refractivity contribution in [1.29, 1.82) is 0 Å². The van der Waals surface area contributed by atoms with Gasteiger partial charge in [-0.1, -0.05) is 45.1 Å². The van der Waals surface area contributed by atoms with Crippen LogP contribution in [0.4, 0.5) is 0 Å². The van der Waals surface area contributed by atoms with Crippen molar-refractivity contribution in [3.05, 3.63) is 35.4 Å². The van der Waals surface area contributed by atoms with Crippen molar-refractivity contribution in [3.8, 4) is 0 Å². The summed E-state index contributed by atoms with van der Waals surface area (Å²) in [6, 6.07) is 7.50. The molecule has 0 saturated carbocycles. The van der Waals surface area contributed by atoms with Crippen molar-refractivity contribution in [1.82, 2.24) is 5.32 Å². The van der Waals surface area contributed by atoms with Gasteiger partial charge in [0.15, 0.2) is 0 Å². The highest BCUT2D eigenvalue weighted by molar-refractivity contribution is 7.78. The van der Waals surface area contributed by atoms with Crippen LogP contribution in [0.15, 0.2) is 24.3 Å². The highest BCUT2D eigenvalue weighted by Crippen LogP contribution is 2.21. The molecule has 1 amide bonds. The molecule has 0 heterocycles. The minimum absolute atomic E-state index is 0.102. The summed E-state index contributed by atoms with van der Waals surface area (Å²) in [6.07, 6.45) is 0. The van der Waals surface area contributed by atoms with E-state index in [1.807, 2.05) is 12.1 Å². The minimum Gasteiger partial charge on any atom is -0.310 e. The van der Waals surface area contributed by atoms with Gasteiger partial charge < -0.3 is 5.32 Å². The Morgan fingerprint density at radius 1 is 1.27 bits per heavy atom. The van der Waals surface area contributed by atoms with Crippen LogP contribution in [0.3, 0.4) is 0 Å². The van der Waals surface area contributed by atoms with Gasteiger partial charge in [0.2, 0.25) is 0 Å². The topological polar surface area (TPSA) is 29.1 Å². The molecule has 2 nitrogen and oxygen atoms in total. The molecule has 1 radical (unpaired) electrons. The van der Waals surface area contributed by atoms with Crippen molar-refractivity contribution in [2.45, 2.75) is 26.2 Å². The lowest BCUT2D eigenvalue weighted by molar-refractivity contribution is 0.0979. The molecule has 3 heteroatoms. The lowest BCUT2D eigenvalue weighted by Crippen LogP contribution is -2.20. The molecule has 0 fully saturated rings. The normalized spacial score (nSPS) is 10.9. The maximum absolute atomic E-state index is 11.4. The van der Waals surface area contributed by atoms with E-state index in [0.29, 0.717) is 5.56 Å². The van der Waals surface area contributed by atoms with E-state index in [2.05, 4.69) is 43.8 Å². The van der Waals surface area contributed by atoms with Crippen LogP contribution in [0, 0.1) is 0 Å². The summed E-state index contributed by atoms with van der Waals surface area (Å²) in [7, 11) is 0. The summed E-state index contributed by atoms with van der Waals surface area (Å²) >= 11 is 4.43. The third-order valence-corrected chi connectivity index (χ3v) is 2.28. The predicted molar refractivity (Wildman–Crippen MR) is 65.2 cm³/mol. The molecule has 1 N–H and O–H groups in total. The SMILES string of the molecule is CC(C)(C)c1ccc(C(=O)N[C]=S)cc1. The number of amides is 1. The summed E-state index contributed by atoms with van der Waals surface area (Å²) in [5.74, 6) is -0.217. The van der Waals surface area contributed by atoms with Crippen LogP contribution in [-0.2, 0) is 5.41 Å². The second-order valence-electron chi connectivity index (χ2n) is 4.38. The second-order valence-corrected chi connectivity index (χ2v) is 4.59. The largest absolute Gasteiger partial charge is 0.310 e.